The first-order chi connectivity index (χ1) is 6.56. The zero-order valence-corrected chi connectivity index (χ0v) is 8.00. The van der Waals surface area contributed by atoms with E-state index in [1.807, 2.05) is 0 Å². The summed E-state index contributed by atoms with van der Waals surface area (Å²) >= 11 is 0. The summed E-state index contributed by atoms with van der Waals surface area (Å²) < 4.78 is 0. The summed E-state index contributed by atoms with van der Waals surface area (Å²) in [4.78, 5) is 22.1. The Morgan fingerprint density at radius 3 is 2.43 bits per heavy atom. The van der Waals surface area contributed by atoms with Crippen LogP contribution in [0.4, 0.5) is 0 Å². The first-order valence-electron chi connectivity index (χ1n) is 4.12. The van der Waals surface area contributed by atoms with E-state index >= 15 is 0 Å². The molecule has 0 saturated heterocycles. The van der Waals surface area contributed by atoms with E-state index in [1.165, 1.54) is 13.0 Å². The predicted octanol–water partition coefficient (Wildman–Crippen LogP) is 1.32. The Hall–Kier alpha value is -1.68. The number of Topliss-reactive ketones (excluding diaryl/α,β-unsaturated/α-hetero) is 1. The first kappa shape index (κ1) is 10.4. The summed E-state index contributed by atoms with van der Waals surface area (Å²) in [6.45, 7) is 3.16. The summed E-state index contributed by atoms with van der Waals surface area (Å²) in [7, 11) is 0. The Bertz CT molecular complexity index is 385. The van der Waals surface area contributed by atoms with Crippen LogP contribution in [-0.4, -0.2) is 16.9 Å². The molecule has 1 aromatic rings. The van der Waals surface area contributed by atoms with E-state index in [9.17, 15) is 9.59 Å². The van der Waals surface area contributed by atoms with Crippen molar-refractivity contribution in [3.63, 3.8) is 0 Å². The van der Waals surface area contributed by atoms with Crippen molar-refractivity contribution in [1.82, 2.24) is 5.48 Å². The molecule has 0 fully saturated rings. The van der Waals surface area contributed by atoms with Crippen LogP contribution in [0.3, 0.4) is 0 Å². The van der Waals surface area contributed by atoms with Gasteiger partial charge in [-0.05, 0) is 31.5 Å². The Morgan fingerprint density at radius 1 is 1.36 bits per heavy atom. The first-order valence-corrected chi connectivity index (χ1v) is 4.12. The molecule has 0 bridgehead atoms. The fourth-order valence-corrected chi connectivity index (χ4v) is 1.20. The molecule has 1 amide bonds. The molecule has 0 saturated carbocycles. The van der Waals surface area contributed by atoms with Gasteiger partial charge in [0.1, 0.15) is 0 Å². The van der Waals surface area contributed by atoms with Crippen molar-refractivity contribution in [1.29, 1.82) is 0 Å². The molecular weight excluding hydrogens is 182 g/mol. The van der Waals surface area contributed by atoms with Crippen molar-refractivity contribution in [2.24, 2.45) is 0 Å². The maximum Gasteiger partial charge on any atom is 0.274 e. The Labute approximate surface area is 81.5 Å². The fraction of sp³-hybridized carbons (Fsp3) is 0.200. The highest BCUT2D eigenvalue weighted by atomic mass is 16.5. The fourth-order valence-electron chi connectivity index (χ4n) is 1.20. The van der Waals surface area contributed by atoms with Gasteiger partial charge in [-0.15, -0.1) is 0 Å². The van der Waals surface area contributed by atoms with Gasteiger partial charge in [-0.1, -0.05) is 6.07 Å². The molecule has 0 aliphatic carbocycles. The maximum absolute atomic E-state index is 11.1. The minimum atomic E-state index is -0.572. The molecule has 0 unspecified atom stereocenters. The Morgan fingerprint density at radius 2 is 2.00 bits per heavy atom. The third-order valence-electron chi connectivity index (χ3n) is 1.98. The van der Waals surface area contributed by atoms with Crippen LogP contribution in [-0.2, 0) is 0 Å². The monoisotopic (exact) mass is 193 g/mol. The lowest BCUT2D eigenvalue weighted by Crippen LogP contribution is -2.19. The second kappa shape index (κ2) is 4.02. The lowest BCUT2D eigenvalue weighted by atomic mass is 10.0. The van der Waals surface area contributed by atoms with Crippen LogP contribution in [0.15, 0.2) is 18.2 Å². The van der Waals surface area contributed by atoms with Gasteiger partial charge in [0.2, 0.25) is 0 Å². The molecule has 0 aromatic heterocycles. The molecule has 1 rings (SSSR count). The highest BCUT2D eigenvalue weighted by Crippen LogP contribution is 2.11. The Kier molecular flexibility index (Phi) is 2.99. The minimum absolute atomic E-state index is 0.0518. The number of carbonyl (C=O) groups is 2. The van der Waals surface area contributed by atoms with Crippen molar-refractivity contribution in [3.8, 4) is 0 Å². The van der Waals surface area contributed by atoms with Crippen LogP contribution >= 0.6 is 0 Å². The second-order valence-corrected chi connectivity index (χ2v) is 3.03. The normalized spacial score (nSPS) is 9.64. The zero-order valence-electron chi connectivity index (χ0n) is 8.00. The van der Waals surface area contributed by atoms with Gasteiger partial charge >= 0.3 is 0 Å². The van der Waals surface area contributed by atoms with Gasteiger partial charge in [0.25, 0.3) is 5.91 Å². The van der Waals surface area contributed by atoms with Crippen LogP contribution in [0, 0.1) is 6.92 Å². The van der Waals surface area contributed by atoms with E-state index in [0.29, 0.717) is 16.7 Å². The zero-order chi connectivity index (χ0) is 10.7. The quantitative estimate of drug-likeness (QED) is 0.423. The number of carbonyl (C=O) groups excluding carboxylic acids is 2. The summed E-state index contributed by atoms with van der Waals surface area (Å²) in [5, 5.41) is 8.42. The molecule has 0 radical (unpaired) electrons. The van der Waals surface area contributed by atoms with Gasteiger partial charge in [0.05, 0.1) is 0 Å². The molecule has 0 aliphatic heterocycles. The average Bonchev–Trinajstić information content (AvgIpc) is 2.16. The number of ketones is 1. The highest BCUT2D eigenvalue weighted by molar-refractivity contribution is 5.98. The van der Waals surface area contributed by atoms with E-state index in [4.69, 9.17) is 5.21 Å². The number of amides is 1. The molecule has 4 heteroatoms. The van der Waals surface area contributed by atoms with Gasteiger partial charge in [0.15, 0.2) is 5.78 Å². The van der Waals surface area contributed by atoms with Crippen LogP contribution < -0.4 is 5.48 Å². The number of benzene rings is 1. The number of hydroxylamine groups is 1. The molecule has 0 atom stereocenters. The van der Waals surface area contributed by atoms with E-state index in [-0.39, 0.29) is 5.78 Å². The summed E-state index contributed by atoms with van der Waals surface area (Å²) in [6, 6.07) is 4.68. The predicted molar refractivity (Wildman–Crippen MR) is 50.4 cm³/mol. The third-order valence-corrected chi connectivity index (χ3v) is 1.98. The lowest BCUT2D eigenvalue weighted by Gasteiger charge is -2.04. The third kappa shape index (κ3) is 1.97. The molecule has 4 nitrogen and oxygen atoms in total. The average molecular weight is 193 g/mol. The van der Waals surface area contributed by atoms with Crippen LogP contribution in [0.2, 0.25) is 0 Å². The van der Waals surface area contributed by atoms with Gasteiger partial charge in [-0.3, -0.25) is 14.8 Å². The summed E-state index contributed by atoms with van der Waals surface area (Å²) in [5.41, 5.74) is 3.12. The molecule has 2 N–H and O–H groups in total. The molecular formula is C10H11NO3. The van der Waals surface area contributed by atoms with Crippen molar-refractivity contribution in [2.75, 3.05) is 0 Å². The van der Waals surface area contributed by atoms with Gasteiger partial charge in [-0.25, -0.2) is 5.48 Å². The van der Waals surface area contributed by atoms with E-state index in [0.717, 1.165) is 0 Å². The van der Waals surface area contributed by atoms with E-state index in [1.54, 1.807) is 24.5 Å². The second-order valence-electron chi connectivity index (χ2n) is 3.03. The van der Waals surface area contributed by atoms with Crippen molar-refractivity contribution < 1.29 is 14.8 Å². The van der Waals surface area contributed by atoms with Gasteiger partial charge in [-0.2, -0.15) is 0 Å². The van der Waals surface area contributed by atoms with Gasteiger partial charge < -0.3 is 0 Å². The molecule has 0 heterocycles. The van der Waals surface area contributed by atoms with Crippen LogP contribution in [0.25, 0.3) is 0 Å². The molecule has 14 heavy (non-hydrogen) atoms. The smallest absolute Gasteiger partial charge is 0.274 e. The van der Waals surface area contributed by atoms with Crippen molar-refractivity contribution in [3.05, 3.63) is 34.9 Å². The number of rotatable bonds is 2. The molecule has 0 aliphatic rings. The SMILES string of the molecule is CC(=O)c1ccc(C(=O)NO)c(C)c1. The van der Waals surface area contributed by atoms with Crippen LogP contribution in [0.1, 0.15) is 33.2 Å². The van der Waals surface area contributed by atoms with E-state index < -0.39 is 5.91 Å². The molecule has 0 spiro atoms. The standard InChI is InChI=1S/C10H11NO3/c1-6-5-8(7(2)12)3-4-9(6)10(13)11-14/h3-5,14H,1-2H3,(H,11,13). The topological polar surface area (TPSA) is 66.4 Å². The summed E-state index contributed by atoms with van der Waals surface area (Å²) in [5.74, 6) is -0.623. The highest BCUT2D eigenvalue weighted by Gasteiger charge is 2.09. The van der Waals surface area contributed by atoms with Crippen molar-refractivity contribution >= 4 is 11.7 Å². The summed E-state index contributed by atoms with van der Waals surface area (Å²) in [6.07, 6.45) is 0. The number of hydrogen-bond donors (Lipinski definition) is 2. The van der Waals surface area contributed by atoms with Gasteiger partial charge in [0, 0.05) is 11.1 Å². The number of aryl methyl sites for hydroxylation is 1. The maximum atomic E-state index is 11.1. The Balaban J connectivity index is 3.14. The van der Waals surface area contributed by atoms with Crippen LogP contribution in [0.5, 0.6) is 0 Å². The molecule has 74 valence electrons. The van der Waals surface area contributed by atoms with E-state index in [2.05, 4.69) is 0 Å². The minimum Gasteiger partial charge on any atom is -0.295 e. The number of nitrogens with one attached hydrogen (secondary N) is 1. The largest absolute Gasteiger partial charge is 0.295 e. The number of hydrogen-bond acceptors (Lipinski definition) is 3. The molecule has 1 aromatic carbocycles. The lowest BCUT2D eigenvalue weighted by molar-refractivity contribution is 0.0705. The van der Waals surface area contributed by atoms with Crippen molar-refractivity contribution in [2.45, 2.75) is 13.8 Å².